The average molecular weight is 233 g/mol. The van der Waals surface area contributed by atoms with Crippen molar-refractivity contribution in [3.63, 3.8) is 0 Å². The summed E-state index contributed by atoms with van der Waals surface area (Å²) in [7, 11) is 2.46. The van der Waals surface area contributed by atoms with Gasteiger partial charge in [0.1, 0.15) is 0 Å². The molecular weight excluding hydrogens is 223 g/mol. The van der Waals surface area contributed by atoms with Crippen molar-refractivity contribution in [2.75, 3.05) is 6.26 Å². The van der Waals surface area contributed by atoms with E-state index in [0.29, 0.717) is 0 Å². The van der Waals surface area contributed by atoms with Crippen molar-refractivity contribution in [2.45, 2.75) is 24.9 Å². The third-order valence-electron chi connectivity index (χ3n) is 0.964. The summed E-state index contributed by atoms with van der Waals surface area (Å²) in [5.74, 6) is -1.90. The van der Waals surface area contributed by atoms with Crippen molar-refractivity contribution in [1.29, 1.82) is 0 Å². The third kappa shape index (κ3) is 5.30. The molecule has 0 aliphatic heterocycles. The summed E-state index contributed by atoms with van der Waals surface area (Å²) >= 11 is 0. The second-order valence-corrected chi connectivity index (χ2v) is 5.73. The lowest BCUT2D eigenvalue weighted by molar-refractivity contribution is -0.174. The molecule has 0 aliphatic rings. The molecule has 2 nitrogen and oxygen atoms in total. The molecule has 0 fully saturated rings. The van der Waals surface area contributed by atoms with Gasteiger partial charge < -0.3 is 5.32 Å². The molecule has 1 amide bonds. The summed E-state index contributed by atoms with van der Waals surface area (Å²) in [6.07, 6.45) is -3.08. The highest BCUT2D eigenvalue weighted by atomic mass is 33.1. The van der Waals surface area contributed by atoms with Gasteiger partial charge in [-0.25, -0.2) is 0 Å². The summed E-state index contributed by atoms with van der Waals surface area (Å²) < 4.78 is 35.4. The molecule has 0 aromatic heterocycles. The lowest BCUT2D eigenvalue weighted by atomic mass is 10.4. The minimum Gasteiger partial charge on any atom is -0.334 e. The van der Waals surface area contributed by atoms with Crippen LogP contribution in [-0.2, 0) is 4.79 Å². The van der Waals surface area contributed by atoms with Gasteiger partial charge in [-0.15, -0.1) is 0 Å². The van der Waals surface area contributed by atoms with Crippen LogP contribution in [0.5, 0.6) is 0 Å². The van der Waals surface area contributed by atoms with Crippen LogP contribution in [0.15, 0.2) is 0 Å². The zero-order chi connectivity index (χ0) is 10.7. The van der Waals surface area contributed by atoms with Gasteiger partial charge in [-0.3, -0.25) is 4.79 Å². The van der Waals surface area contributed by atoms with Gasteiger partial charge in [0.25, 0.3) is 0 Å². The molecule has 1 N–H and O–H groups in total. The lowest BCUT2D eigenvalue weighted by Crippen LogP contribution is -2.46. The molecule has 13 heavy (non-hydrogen) atoms. The van der Waals surface area contributed by atoms with Gasteiger partial charge in [-0.2, -0.15) is 13.2 Å². The highest BCUT2D eigenvalue weighted by Gasteiger charge is 2.41. The fourth-order valence-corrected chi connectivity index (χ4v) is 2.50. The number of amides is 1. The second kappa shape index (κ2) is 4.45. The zero-order valence-electron chi connectivity index (χ0n) is 7.36. The summed E-state index contributed by atoms with van der Waals surface area (Å²) in [4.78, 5) is 9.59. The average Bonchev–Trinajstić information content (AvgIpc) is 1.83. The Labute approximate surface area is 82.4 Å². The molecule has 0 aliphatic carbocycles. The van der Waals surface area contributed by atoms with Crippen molar-refractivity contribution in [2.24, 2.45) is 0 Å². The maximum Gasteiger partial charge on any atom is 0.471 e. The summed E-state index contributed by atoms with van der Waals surface area (Å²) in [6, 6.07) is 0. The van der Waals surface area contributed by atoms with Gasteiger partial charge in [0.05, 0.1) is 4.87 Å². The fraction of sp³-hybridized carbons (Fsp3) is 0.833. The quantitative estimate of drug-likeness (QED) is 0.599. The largest absolute Gasteiger partial charge is 0.471 e. The van der Waals surface area contributed by atoms with Crippen molar-refractivity contribution in [1.82, 2.24) is 5.32 Å². The second-order valence-electron chi connectivity index (χ2n) is 2.71. The predicted molar refractivity (Wildman–Crippen MR) is 49.4 cm³/mol. The lowest BCUT2D eigenvalue weighted by Gasteiger charge is -2.24. The Morgan fingerprint density at radius 3 is 2.08 bits per heavy atom. The Morgan fingerprint density at radius 1 is 1.31 bits per heavy atom. The number of rotatable bonds is 3. The molecule has 0 heterocycles. The van der Waals surface area contributed by atoms with E-state index in [-0.39, 0.29) is 0 Å². The van der Waals surface area contributed by atoms with Crippen molar-refractivity contribution < 1.29 is 18.0 Å². The Morgan fingerprint density at radius 2 is 1.77 bits per heavy atom. The Balaban J connectivity index is 4.20. The van der Waals surface area contributed by atoms with E-state index < -0.39 is 17.0 Å². The molecule has 0 saturated heterocycles. The van der Waals surface area contributed by atoms with E-state index in [4.69, 9.17) is 0 Å². The van der Waals surface area contributed by atoms with Crippen molar-refractivity contribution in [3.8, 4) is 0 Å². The summed E-state index contributed by atoms with van der Waals surface area (Å²) in [6.45, 7) is 3.02. The van der Waals surface area contributed by atoms with Gasteiger partial charge in [0.2, 0.25) is 0 Å². The van der Waals surface area contributed by atoms with Gasteiger partial charge in [0.15, 0.2) is 0 Å². The molecule has 78 valence electrons. The van der Waals surface area contributed by atoms with Gasteiger partial charge in [0, 0.05) is 0 Å². The summed E-state index contributed by atoms with van der Waals surface area (Å²) in [5.41, 5.74) is 0. The molecule has 0 aromatic rings. The molecule has 0 saturated carbocycles. The monoisotopic (exact) mass is 233 g/mol. The van der Waals surface area contributed by atoms with Crippen LogP contribution in [-0.4, -0.2) is 23.2 Å². The van der Waals surface area contributed by atoms with Crippen molar-refractivity contribution in [3.05, 3.63) is 0 Å². The van der Waals surface area contributed by atoms with Crippen LogP contribution in [0.1, 0.15) is 13.8 Å². The fourth-order valence-electron chi connectivity index (χ4n) is 0.573. The predicted octanol–water partition coefficient (Wildman–Crippen LogP) is 2.41. The van der Waals surface area contributed by atoms with Crippen LogP contribution in [0, 0.1) is 0 Å². The standard InChI is InChI=1S/C6H10F3NOS2/c1-5(2,13-12-3)10-4(11)6(7,8)9/h1-3H3,(H,10,11). The van der Waals surface area contributed by atoms with E-state index in [1.165, 1.54) is 24.6 Å². The van der Waals surface area contributed by atoms with E-state index in [9.17, 15) is 18.0 Å². The molecule has 0 atom stereocenters. The van der Waals surface area contributed by atoms with Crippen LogP contribution in [0.2, 0.25) is 0 Å². The Kier molecular flexibility index (Phi) is 4.44. The number of hydrogen-bond acceptors (Lipinski definition) is 3. The SMILES string of the molecule is CSSC(C)(C)NC(=O)C(F)(F)F. The maximum atomic E-state index is 11.8. The van der Waals surface area contributed by atoms with E-state index in [2.05, 4.69) is 0 Å². The first-order valence-electron chi connectivity index (χ1n) is 3.30. The number of nitrogens with one attached hydrogen (secondary N) is 1. The number of alkyl halides is 3. The Bertz CT molecular complexity index is 193. The minimum absolute atomic E-state index is 0.911. The van der Waals surface area contributed by atoms with Crippen molar-refractivity contribution >= 4 is 27.5 Å². The normalized spacial score (nSPS) is 12.8. The zero-order valence-corrected chi connectivity index (χ0v) is 8.99. The summed E-state index contributed by atoms with van der Waals surface area (Å²) in [5, 5.41) is 1.88. The smallest absolute Gasteiger partial charge is 0.334 e. The molecule has 7 heteroatoms. The van der Waals surface area contributed by atoms with Crippen LogP contribution in [0.4, 0.5) is 13.2 Å². The van der Waals surface area contributed by atoms with Gasteiger partial charge in [-0.05, 0) is 20.1 Å². The first kappa shape index (κ1) is 13.0. The first-order valence-corrected chi connectivity index (χ1v) is 5.86. The Hall–Kier alpha value is -0.0400. The number of carbonyl (C=O) groups is 1. The molecule has 0 aromatic carbocycles. The van der Waals surface area contributed by atoms with Crippen LogP contribution in [0.3, 0.4) is 0 Å². The number of carbonyl (C=O) groups excluding carboxylic acids is 1. The third-order valence-corrected chi connectivity index (χ3v) is 3.40. The molecule has 0 spiro atoms. The van der Waals surface area contributed by atoms with E-state index >= 15 is 0 Å². The molecular formula is C6H10F3NOS2. The molecule has 0 radical (unpaired) electrons. The topological polar surface area (TPSA) is 29.1 Å². The molecule has 0 rings (SSSR count). The highest BCUT2D eigenvalue weighted by Crippen LogP contribution is 2.32. The van der Waals surface area contributed by atoms with E-state index in [0.717, 1.165) is 10.8 Å². The van der Waals surface area contributed by atoms with E-state index in [1.54, 1.807) is 6.26 Å². The minimum atomic E-state index is -4.81. The van der Waals surface area contributed by atoms with Crippen LogP contribution >= 0.6 is 21.6 Å². The number of hydrogen-bond donors (Lipinski definition) is 1. The van der Waals surface area contributed by atoms with E-state index in [1.807, 2.05) is 5.32 Å². The van der Waals surface area contributed by atoms with Gasteiger partial charge >= 0.3 is 12.1 Å². The molecule has 0 unspecified atom stereocenters. The van der Waals surface area contributed by atoms with Crippen LogP contribution in [0.25, 0.3) is 0 Å². The highest BCUT2D eigenvalue weighted by molar-refractivity contribution is 8.76. The number of halogens is 3. The molecule has 0 bridgehead atoms. The van der Waals surface area contributed by atoms with Gasteiger partial charge in [-0.1, -0.05) is 21.6 Å². The van der Waals surface area contributed by atoms with Crippen LogP contribution < -0.4 is 5.32 Å². The maximum absolute atomic E-state index is 11.8. The first-order chi connectivity index (χ1) is 5.69.